The highest BCUT2D eigenvalue weighted by Gasteiger charge is 2.01. The lowest BCUT2D eigenvalue weighted by atomic mass is 10.1. The van der Waals surface area contributed by atoms with Crippen LogP contribution in [0.2, 0.25) is 0 Å². The molecule has 1 N–H and O–H groups in total. The van der Waals surface area contributed by atoms with E-state index in [1.54, 1.807) is 12.1 Å². The van der Waals surface area contributed by atoms with Crippen molar-refractivity contribution in [3.63, 3.8) is 0 Å². The van der Waals surface area contributed by atoms with Crippen molar-refractivity contribution in [3.8, 4) is 0 Å². The molecular formula is C16H16BrClFN. The SMILES string of the molecule is Fc1ccc(CNc2cccc(CCCCl)c2)cc1Br. The molecule has 1 nitrogen and oxygen atoms in total. The molecule has 0 atom stereocenters. The minimum atomic E-state index is -0.239. The van der Waals surface area contributed by atoms with Gasteiger partial charge in [-0.1, -0.05) is 18.2 Å². The van der Waals surface area contributed by atoms with Gasteiger partial charge < -0.3 is 5.32 Å². The molecule has 0 unspecified atom stereocenters. The van der Waals surface area contributed by atoms with Gasteiger partial charge >= 0.3 is 0 Å². The Bertz CT molecular complexity index is 574. The number of aryl methyl sites for hydroxylation is 1. The molecule has 0 aliphatic carbocycles. The number of anilines is 1. The van der Waals surface area contributed by atoms with Crippen LogP contribution in [0.5, 0.6) is 0 Å². The number of alkyl halides is 1. The molecule has 4 heteroatoms. The van der Waals surface area contributed by atoms with Gasteiger partial charge in [0, 0.05) is 18.1 Å². The van der Waals surface area contributed by atoms with E-state index in [-0.39, 0.29) is 5.82 Å². The van der Waals surface area contributed by atoms with E-state index in [1.807, 2.05) is 12.1 Å². The largest absolute Gasteiger partial charge is 0.381 e. The molecular weight excluding hydrogens is 341 g/mol. The molecule has 0 radical (unpaired) electrons. The molecule has 2 rings (SSSR count). The lowest BCUT2D eigenvalue weighted by molar-refractivity contribution is 0.620. The van der Waals surface area contributed by atoms with E-state index in [2.05, 4.69) is 33.4 Å². The van der Waals surface area contributed by atoms with Crippen LogP contribution in [0.3, 0.4) is 0 Å². The third-order valence-electron chi connectivity index (χ3n) is 3.01. The molecule has 0 saturated heterocycles. The number of halogens is 3. The summed E-state index contributed by atoms with van der Waals surface area (Å²) in [5.74, 6) is 0.443. The molecule has 2 aromatic rings. The molecule has 20 heavy (non-hydrogen) atoms. The Hall–Kier alpha value is -1.06. The predicted octanol–water partition coefficient (Wildman–Crippen LogP) is 5.37. The van der Waals surface area contributed by atoms with Crippen molar-refractivity contribution in [2.75, 3.05) is 11.2 Å². The van der Waals surface area contributed by atoms with Gasteiger partial charge in [-0.15, -0.1) is 11.6 Å². The van der Waals surface area contributed by atoms with Crippen LogP contribution >= 0.6 is 27.5 Å². The van der Waals surface area contributed by atoms with E-state index in [9.17, 15) is 4.39 Å². The fourth-order valence-corrected chi connectivity index (χ4v) is 2.52. The highest BCUT2D eigenvalue weighted by molar-refractivity contribution is 9.10. The van der Waals surface area contributed by atoms with Crippen molar-refractivity contribution in [1.29, 1.82) is 0 Å². The predicted molar refractivity (Wildman–Crippen MR) is 86.9 cm³/mol. The van der Waals surface area contributed by atoms with Gasteiger partial charge in [0.25, 0.3) is 0 Å². The minimum absolute atomic E-state index is 0.239. The molecule has 106 valence electrons. The molecule has 2 aromatic carbocycles. The van der Waals surface area contributed by atoms with Crippen LogP contribution in [-0.2, 0) is 13.0 Å². The van der Waals surface area contributed by atoms with Crippen molar-refractivity contribution in [3.05, 3.63) is 63.9 Å². The van der Waals surface area contributed by atoms with Crippen molar-refractivity contribution in [1.82, 2.24) is 0 Å². The maximum Gasteiger partial charge on any atom is 0.137 e. The number of rotatable bonds is 6. The Labute approximate surface area is 132 Å². The molecule has 0 heterocycles. The summed E-state index contributed by atoms with van der Waals surface area (Å²) in [7, 11) is 0. The zero-order chi connectivity index (χ0) is 14.4. The summed E-state index contributed by atoms with van der Waals surface area (Å²) in [4.78, 5) is 0. The Kier molecular flexibility index (Phi) is 5.86. The summed E-state index contributed by atoms with van der Waals surface area (Å²) in [6.07, 6.45) is 1.97. The van der Waals surface area contributed by atoms with E-state index in [1.165, 1.54) is 11.6 Å². The zero-order valence-corrected chi connectivity index (χ0v) is 13.3. The molecule has 0 aromatic heterocycles. The number of benzene rings is 2. The number of hydrogen-bond donors (Lipinski definition) is 1. The smallest absolute Gasteiger partial charge is 0.137 e. The van der Waals surface area contributed by atoms with Crippen molar-refractivity contribution >= 4 is 33.2 Å². The topological polar surface area (TPSA) is 12.0 Å². The minimum Gasteiger partial charge on any atom is -0.381 e. The summed E-state index contributed by atoms with van der Waals surface area (Å²) in [5, 5.41) is 3.35. The van der Waals surface area contributed by atoms with E-state index >= 15 is 0 Å². The fraction of sp³-hybridized carbons (Fsp3) is 0.250. The molecule has 0 aliphatic rings. The van der Waals surface area contributed by atoms with Gasteiger partial charge in [-0.25, -0.2) is 4.39 Å². The summed E-state index contributed by atoms with van der Waals surface area (Å²) in [5.41, 5.74) is 3.37. The normalized spacial score (nSPS) is 10.6. The van der Waals surface area contributed by atoms with E-state index in [0.717, 1.165) is 24.1 Å². The first-order chi connectivity index (χ1) is 9.69. The van der Waals surface area contributed by atoms with Crippen LogP contribution in [-0.4, -0.2) is 5.88 Å². The van der Waals surface area contributed by atoms with Gasteiger partial charge in [0.05, 0.1) is 4.47 Å². The van der Waals surface area contributed by atoms with Gasteiger partial charge in [0.15, 0.2) is 0 Å². The van der Waals surface area contributed by atoms with E-state index < -0.39 is 0 Å². The van der Waals surface area contributed by atoms with Gasteiger partial charge in [-0.2, -0.15) is 0 Å². The fourth-order valence-electron chi connectivity index (χ4n) is 1.96. The lowest BCUT2D eigenvalue weighted by Crippen LogP contribution is -2.00. The molecule has 0 saturated carbocycles. The van der Waals surface area contributed by atoms with Crippen LogP contribution in [0, 0.1) is 5.82 Å². The molecule has 0 aliphatic heterocycles. The molecule has 0 amide bonds. The summed E-state index contributed by atoms with van der Waals surface area (Å²) >= 11 is 8.91. The second-order valence-electron chi connectivity index (χ2n) is 4.59. The van der Waals surface area contributed by atoms with Crippen LogP contribution in [0.4, 0.5) is 10.1 Å². The van der Waals surface area contributed by atoms with E-state index in [4.69, 9.17) is 11.6 Å². The third-order valence-corrected chi connectivity index (χ3v) is 3.88. The maximum atomic E-state index is 13.2. The number of nitrogens with one attached hydrogen (secondary N) is 1. The van der Waals surface area contributed by atoms with Crippen LogP contribution in [0.1, 0.15) is 17.5 Å². The quantitative estimate of drug-likeness (QED) is 0.686. The Morgan fingerprint density at radius 2 is 1.95 bits per heavy atom. The standard InChI is InChI=1S/C16H16BrClFN/c17-15-10-13(6-7-16(15)19)11-20-14-5-1-3-12(9-14)4-2-8-18/h1,3,5-7,9-10,20H,2,4,8,11H2. The van der Waals surface area contributed by atoms with Crippen molar-refractivity contribution in [2.45, 2.75) is 19.4 Å². The first-order valence-electron chi connectivity index (χ1n) is 6.52. The Morgan fingerprint density at radius 1 is 1.10 bits per heavy atom. The van der Waals surface area contributed by atoms with Gasteiger partial charge in [0.1, 0.15) is 5.82 Å². The lowest BCUT2D eigenvalue weighted by Gasteiger charge is -2.09. The van der Waals surface area contributed by atoms with Crippen LogP contribution < -0.4 is 5.32 Å². The van der Waals surface area contributed by atoms with Crippen molar-refractivity contribution in [2.24, 2.45) is 0 Å². The number of hydrogen-bond acceptors (Lipinski definition) is 1. The van der Waals surface area contributed by atoms with Gasteiger partial charge in [-0.05, 0) is 64.2 Å². The highest BCUT2D eigenvalue weighted by Crippen LogP contribution is 2.18. The summed E-state index contributed by atoms with van der Waals surface area (Å²) < 4.78 is 13.6. The molecule has 0 fully saturated rings. The van der Waals surface area contributed by atoms with Crippen LogP contribution in [0.25, 0.3) is 0 Å². The Morgan fingerprint density at radius 3 is 2.70 bits per heavy atom. The Balaban J connectivity index is 1.97. The maximum absolute atomic E-state index is 13.2. The average molecular weight is 357 g/mol. The zero-order valence-electron chi connectivity index (χ0n) is 11.0. The third kappa shape index (κ3) is 4.50. The first-order valence-corrected chi connectivity index (χ1v) is 7.84. The second kappa shape index (κ2) is 7.65. The average Bonchev–Trinajstić information content (AvgIpc) is 2.47. The monoisotopic (exact) mass is 355 g/mol. The van der Waals surface area contributed by atoms with E-state index in [0.29, 0.717) is 16.9 Å². The summed E-state index contributed by atoms with van der Waals surface area (Å²) in [6.45, 7) is 0.665. The van der Waals surface area contributed by atoms with Gasteiger partial charge in [0.2, 0.25) is 0 Å². The first kappa shape index (κ1) is 15.3. The van der Waals surface area contributed by atoms with Gasteiger partial charge in [-0.3, -0.25) is 0 Å². The molecule has 0 bridgehead atoms. The van der Waals surface area contributed by atoms with Crippen molar-refractivity contribution < 1.29 is 4.39 Å². The summed E-state index contributed by atoms with van der Waals surface area (Å²) in [6, 6.07) is 13.3. The van der Waals surface area contributed by atoms with Crippen LogP contribution in [0.15, 0.2) is 46.9 Å². The molecule has 0 spiro atoms. The second-order valence-corrected chi connectivity index (χ2v) is 5.83. The highest BCUT2D eigenvalue weighted by atomic mass is 79.9.